The molecule has 3 N–H and O–H groups in total. The van der Waals surface area contributed by atoms with Crippen LogP contribution >= 0.6 is 0 Å². The molecule has 0 fully saturated rings. The predicted molar refractivity (Wildman–Crippen MR) is 44.7 cm³/mol. The largest absolute Gasteiger partial charge is 0.356 e. The molecule has 0 bridgehead atoms. The zero-order chi connectivity index (χ0) is 8.53. The van der Waals surface area contributed by atoms with E-state index in [0.29, 0.717) is 25.9 Å². The Balaban J connectivity index is 3.17. The van der Waals surface area contributed by atoms with Crippen LogP contribution in [-0.4, -0.2) is 19.0 Å². The zero-order valence-corrected chi connectivity index (χ0v) is 6.60. The summed E-state index contributed by atoms with van der Waals surface area (Å²) in [4.78, 5) is 10.8. The fourth-order valence-electron chi connectivity index (χ4n) is 0.604. The molecule has 11 heavy (non-hydrogen) atoms. The lowest BCUT2D eigenvalue weighted by atomic mass is 10.3. The number of terminal acetylenes is 1. The van der Waals surface area contributed by atoms with E-state index in [9.17, 15) is 4.79 Å². The standard InChI is InChI=1S/C8H14N2O/c1-2-3-5-8(11)10-7-4-6-9/h1H,3-7,9H2,(H,10,11). The Bertz CT molecular complexity index is 149. The van der Waals surface area contributed by atoms with Crippen molar-refractivity contribution in [3.63, 3.8) is 0 Å². The van der Waals surface area contributed by atoms with Gasteiger partial charge in [-0.05, 0) is 13.0 Å². The van der Waals surface area contributed by atoms with E-state index in [2.05, 4.69) is 11.2 Å². The first kappa shape index (κ1) is 9.99. The molecular weight excluding hydrogens is 140 g/mol. The van der Waals surface area contributed by atoms with Gasteiger partial charge in [-0.2, -0.15) is 0 Å². The monoisotopic (exact) mass is 154 g/mol. The topological polar surface area (TPSA) is 55.1 Å². The molecule has 0 rings (SSSR count). The smallest absolute Gasteiger partial charge is 0.220 e. The van der Waals surface area contributed by atoms with E-state index in [1.807, 2.05) is 0 Å². The molecule has 0 saturated heterocycles. The van der Waals surface area contributed by atoms with Crippen molar-refractivity contribution < 1.29 is 4.79 Å². The number of hydrogen-bond donors (Lipinski definition) is 2. The van der Waals surface area contributed by atoms with Crippen LogP contribution in [0.15, 0.2) is 0 Å². The summed E-state index contributed by atoms with van der Waals surface area (Å²) in [6.07, 6.45) is 6.73. The third-order valence-electron chi connectivity index (χ3n) is 1.20. The molecule has 0 atom stereocenters. The minimum atomic E-state index is 0.0106. The lowest BCUT2D eigenvalue weighted by Gasteiger charge is -2.00. The number of carbonyl (C=O) groups excluding carboxylic acids is 1. The first-order valence-electron chi connectivity index (χ1n) is 3.71. The van der Waals surface area contributed by atoms with Gasteiger partial charge in [0.1, 0.15) is 0 Å². The lowest BCUT2D eigenvalue weighted by molar-refractivity contribution is -0.120. The Morgan fingerprint density at radius 3 is 2.91 bits per heavy atom. The van der Waals surface area contributed by atoms with Crippen LogP contribution in [0.25, 0.3) is 0 Å². The molecular formula is C8H14N2O. The highest BCUT2D eigenvalue weighted by atomic mass is 16.1. The quantitative estimate of drug-likeness (QED) is 0.428. The van der Waals surface area contributed by atoms with Crippen molar-refractivity contribution in [3.05, 3.63) is 0 Å². The van der Waals surface area contributed by atoms with E-state index in [1.165, 1.54) is 0 Å². The molecule has 0 radical (unpaired) electrons. The average molecular weight is 154 g/mol. The molecule has 3 heteroatoms. The molecule has 0 aliphatic carbocycles. The minimum absolute atomic E-state index is 0.0106. The van der Waals surface area contributed by atoms with Gasteiger partial charge in [0.2, 0.25) is 5.91 Å². The summed E-state index contributed by atoms with van der Waals surface area (Å²) >= 11 is 0. The fraction of sp³-hybridized carbons (Fsp3) is 0.625. The average Bonchev–Trinajstić information content (AvgIpc) is 2.01. The predicted octanol–water partition coefficient (Wildman–Crippen LogP) is -0.135. The number of hydrogen-bond acceptors (Lipinski definition) is 2. The van der Waals surface area contributed by atoms with E-state index >= 15 is 0 Å². The van der Waals surface area contributed by atoms with Gasteiger partial charge in [-0.15, -0.1) is 12.3 Å². The molecule has 0 unspecified atom stereocenters. The second-order valence-corrected chi connectivity index (χ2v) is 2.20. The SMILES string of the molecule is C#CCCC(=O)NCCCN. The second kappa shape index (κ2) is 7.10. The van der Waals surface area contributed by atoms with Crippen molar-refractivity contribution in [2.45, 2.75) is 19.3 Å². The van der Waals surface area contributed by atoms with Crippen molar-refractivity contribution >= 4 is 5.91 Å². The highest BCUT2D eigenvalue weighted by molar-refractivity contribution is 5.76. The van der Waals surface area contributed by atoms with Crippen LogP contribution in [0.5, 0.6) is 0 Å². The molecule has 0 aromatic carbocycles. The van der Waals surface area contributed by atoms with E-state index in [0.717, 1.165) is 6.42 Å². The number of rotatable bonds is 5. The summed E-state index contributed by atoms with van der Waals surface area (Å²) in [7, 11) is 0. The van der Waals surface area contributed by atoms with E-state index in [-0.39, 0.29) is 5.91 Å². The van der Waals surface area contributed by atoms with Crippen LogP contribution in [0.4, 0.5) is 0 Å². The zero-order valence-electron chi connectivity index (χ0n) is 6.60. The molecule has 0 aliphatic rings. The Morgan fingerprint density at radius 2 is 2.36 bits per heavy atom. The number of nitrogens with one attached hydrogen (secondary N) is 1. The van der Waals surface area contributed by atoms with Gasteiger partial charge in [0.05, 0.1) is 0 Å². The van der Waals surface area contributed by atoms with E-state index < -0.39 is 0 Å². The molecule has 0 aliphatic heterocycles. The molecule has 0 aromatic heterocycles. The van der Waals surface area contributed by atoms with Gasteiger partial charge in [-0.3, -0.25) is 4.79 Å². The molecule has 62 valence electrons. The molecule has 1 amide bonds. The first-order valence-corrected chi connectivity index (χ1v) is 3.71. The summed E-state index contributed by atoms with van der Waals surface area (Å²) < 4.78 is 0. The van der Waals surface area contributed by atoms with Crippen LogP contribution in [0, 0.1) is 12.3 Å². The Kier molecular flexibility index (Phi) is 6.45. The summed E-state index contributed by atoms with van der Waals surface area (Å²) in [6.45, 7) is 1.26. The van der Waals surface area contributed by atoms with Crippen LogP contribution in [0.1, 0.15) is 19.3 Å². The van der Waals surface area contributed by atoms with E-state index in [1.54, 1.807) is 0 Å². The fourth-order valence-corrected chi connectivity index (χ4v) is 0.604. The first-order chi connectivity index (χ1) is 5.31. The molecule has 0 heterocycles. The van der Waals surface area contributed by atoms with Gasteiger partial charge in [0.25, 0.3) is 0 Å². The summed E-state index contributed by atoms with van der Waals surface area (Å²) in [5.74, 6) is 2.41. The van der Waals surface area contributed by atoms with Crippen LogP contribution in [0.3, 0.4) is 0 Å². The lowest BCUT2D eigenvalue weighted by Crippen LogP contribution is -2.25. The minimum Gasteiger partial charge on any atom is -0.356 e. The summed E-state index contributed by atoms with van der Waals surface area (Å²) in [6, 6.07) is 0. The van der Waals surface area contributed by atoms with Gasteiger partial charge in [0.15, 0.2) is 0 Å². The molecule has 0 spiro atoms. The van der Waals surface area contributed by atoms with E-state index in [4.69, 9.17) is 12.2 Å². The van der Waals surface area contributed by atoms with Crippen molar-refractivity contribution in [3.8, 4) is 12.3 Å². The molecule has 0 saturated carbocycles. The summed E-state index contributed by atoms with van der Waals surface area (Å²) in [5, 5.41) is 2.70. The van der Waals surface area contributed by atoms with Gasteiger partial charge in [0, 0.05) is 19.4 Å². The van der Waals surface area contributed by atoms with Crippen LogP contribution < -0.4 is 11.1 Å². The van der Waals surface area contributed by atoms with Crippen molar-refractivity contribution in [1.29, 1.82) is 0 Å². The Morgan fingerprint density at radius 1 is 1.64 bits per heavy atom. The van der Waals surface area contributed by atoms with Crippen LogP contribution in [-0.2, 0) is 4.79 Å². The maximum absolute atomic E-state index is 10.8. The summed E-state index contributed by atoms with van der Waals surface area (Å²) in [5.41, 5.74) is 5.23. The van der Waals surface area contributed by atoms with Crippen molar-refractivity contribution in [1.82, 2.24) is 5.32 Å². The van der Waals surface area contributed by atoms with Crippen molar-refractivity contribution in [2.75, 3.05) is 13.1 Å². The van der Waals surface area contributed by atoms with Gasteiger partial charge in [-0.25, -0.2) is 0 Å². The normalized spacial score (nSPS) is 8.73. The number of carbonyl (C=O) groups is 1. The van der Waals surface area contributed by atoms with Crippen molar-refractivity contribution in [2.24, 2.45) is 5.73 Å². The second-order valence-electron chi connectivity index (χ2n) is 2.20. The molecule has 3 nitrogen and oxygen atoms in total. The number of amides is 1. The number of nitrogens with two attached hydrogens (primary N) is 1. The third-order valence-corrected chi connectivity index (χ3v) is 1.20. The third kappa shape index (κ3) is 6.88. The maximum atomic E-state index is 10.8. The Hall–Kier alpha value is -1.01. The van der Waals surface area contributed by atoms with Crippen LogP contribution in [0.2, 0.25) is 0 Å². The van der Waals surface area contributed by atoms with Gasteiger partial charge < -0.3 is 11.1 Å². The highest BCUT2D eigenvalue weighted by Crippen LogP contribution is 1.85. The maximum Gasteiger partial charge on any atom is 0.220 e. The van der Waals surface area contributed by atoms with Gasteiger partial charge in [-0.1, -0.05) is 0 Å². The molecule has 0 aromatic rings. The van der Waals surface area contributed by atoms with Gasteiger partial charge >= 0.3 is 0 Å². The Labute approximate surface area is 67.3 Å². The highest BCUT2D eigenvalue weighted by Gasteiger charge is 1.96.